The van der Waals surface area contributed by atoms with E-state index in [1.807, 2.05) is 0 Å². The van der Waals surface area contributed by atoms with Gasteiger partial charge in [-0.15, -0.1) is 0 Å². The number of hydrogen-bond donors (Lipinski definition) is 1. The minimum Gasteiger partial charge on any atom is -0.314 e. The Balaban J connectivity index is 0.00000144. The van der Waals surface area contributed by atoms with Gasteiger partial charge in [-0.05, 0) is 25.8 Å². The maximum Gasteiger partial charge on any atom is 0.00670 e. The van der Waals surface area contributed by atoms with E-state index in [2.05, 4.69) is 12.2 Å². The monoisotopic (exact) mass is 171 g/mol. The summed E-state index contributed by atoms with van der Waals surface area (Å²) in [6.45, 7) is 3.51. The van der Waals surface area contributed by atoms with E-state index in [-0.39, 0.29) is 1.43 Å². The van der Waals surface area contributed by atoms with E-state index >= 15 is 0 Å². The highest BCUT2D eigenvalue weighted by atomic mass is 14.9. The van der Waals surface area contributed by atoms with Gasteiger partial charge in [-0.25, -0.2) is 0 Å². The first kappa shape index (κ1) is 10.0. The Morgan fingerprint density at radius 2 is 1.92 bits per heavy atom. The van der Waals surface area contributed by atoms with Crippen molar-refractivity contribution in [3.8, 4) is 0 Å². The van der Waals surface area contributed by atoms with Gasteiger partial charge in [0.2, 0.25) is 0 Å². The summed E-state index contributed by atoms with van der Waals surface area (Å²) in [6.07, 6.45) is 11.3. The van der Waals surface area contributed by atoms with Crippen LogP contribution >= 0.6 is 0 Å². The first-order valence-corrected chi connectivity index (χ1v) is 5.67. The van der Waals surface area contributed by atoms with Crippen LogP contribution in [-0.4, -0.2) is 12.6 Å². The molecule has 1 saturated carbocycles. The molecule has 1 fully saturated rings. The van der Waals surface area contributed by atoms with Crippen LogP contribution in [0.1, 0.15) is 59.7 Å². The minimum atomic E-state index is 0. The first-order valence-electron chi connectivity index (χ1n) is 5.67. The standard InChI is InChI=1S/C11H23N.H2/c1-2-3-7-10-12-11-8-5-4-6-9-11;/h11-12H,2-10H2,1H3;1H. The van der Waals surface area contributed by atoms with Gasteiger partial charge in [0.05, 0.1) is 0 Å². The Hall–Kier alpha value is -0.0400. The van der Waals surface area contributed by atoms with Crippen molar-refractivity contribution >= 4 is 0 Å². The van der Waals surface area contributed by atoms with E-state index in [1.165, 1.54) is 57.9 Å². The average Bonchev–Trinajstić information content (AvgIpc) is 2.14. The maximum atomic E-state index is 3.66. The topological polar surface area (TPSA) is 12.0 Å². The molecule has 0 radical (unpaired) electrons. The number of hydrogen-bond acceptors (Lipinski definition) is 1. The molecule has 0 heterocycles. The fraction of sp³-hybridized carbons (Fsp3) is 1.00. The van der Waals surface area contributed by atoms with Crippen LogP contribution < -0.4 is 5.32 Å². The van der Waals surface area contributed by atoms with Crippen LogP contribution in [0.15, 0.2) is 0 Å². The molecule has 1 nitrogen and oxygen atoms in total. The molecule has 0 aromatic carbocycles. The van der Waals surface area contributed by atoms with Crippen LogP contribution in [0.3, 0.4) is 0 Å². The zero-order valence-electron chi connectivity index (χ0n) is 8.44. The summed E-state index contributed by atoms with van der Waals surface area (Å²) >= 11 is 0. The molecule has 0 aromatic heterocycles. The highest BCUT2D eigenvalue weighted by molar-refractivity contribution is 4.71. The van der Waals surface area contributed by atoms with E-state index in [0.29, 0.717) is 0 Å². The molecule has 0 amide bonds. The Morgan fingerprint density at radius 1 is 1.17 bits per heavy atom. The summed E-state index contributed by atoms with van der Waals surface area (Å²) in [4.78, 5) is 0. The van der Waals surface area contributed by atoms with Gasteiger partial charge in [-0.2, -0.15) is 0 Å². The van der Waals surface area contributed by atoms with Crippen molar-refractivity contribution in [3.63, 3.8) is 0 Å². The second kappa shape index (κ2) is 6.47. The molecule has 0 unspecified atom stereocenters. The average molecular weight is 171 g/mol. The third-order valence-corrected chi connectivity index (χ3v) is 2.82. The normalized spacial score (nSPS) is 19.8. The summed E-state index contributed by atoms with van der Waals surface area (Å²) in [5, 5.41) is 3.66. The van der Waals surface area contributed by atoms with E-state index in [4.69, 9.17) is 0 Å². The molecule has 0 atom stereocenters. The molecule has 0 spiro atoms. The summed E-state index contributed by atoms with van der Waals surface area (Å²) < 4.78 is 0. The fourth-order valence-corrected chi connectivity index (χ4v) is 1.99. The Kier molecular flexibility index (Phi) is 5.42. The van der Waals surface area contributed by atoms with Crippen molar-refractivity contribution in [2.75, 3.05) is 6.54 Å². The lowest BCUT2D eigenvalue weighted by Crippen LogP contribution is -2.31. The zero-order valence-corrected chi connectivity index (χ0v) is 8.44. The van der Waals surface area contributed by atoms with Gasteiger partial charge < -0.3 is 5.32 Å². The van der Waals surface area contributed by atoms with Crippen molar-refractivity contribution in [1.82, 2.24) is 5.32 Å². The highest BCUT2D eigenvalue weighted by Crippen LogP contribution is 2.17. The summed E-state index contributed by atoms with van der Waals surface area (Å²) in [5.74, 6) is 0. The molecule has 1 aliphatic carbocycles. The molecule has 1 aliphatic rings. The van der Waals surface area contributed by atoms with Crippen LogP contribution in [-0.2, 0) is 0 Å². The first-order chi connectivity index (χ1) is 5.93. The number of nitrogens with one attached hydrogen (secondary N) is 1. The predicted molar refractivity (Wildman–Crippen MR) is 56.5 cm³/mol. The van der Waals surface area contributed by atoms with Crippen molar-refractivity contribution in [3.05, 3.63) is 0 Å². The summed E-state index contributed by atoms with van der Waals surface area (Å²) in [6, 6.07) is 0.857. The molecule has 0 bridgehead atoms. The fourth-order valence-electron chi connectivity index (χ4n) is 1.99. The quantitative estimate of drug-likeness (QED) is 0.626. The van der Waals surface area contributed by atoms with Gasteiger partial charge in [-0.3, -0.25) is 0 Å². The summed E-state index contributed by atoms with van der Waals surface area (Å²) in [5.41, 5.74) is 0. The molecule has 0 aliphatic heterocycles. The maximum absolute atomic E-state index is 3.66. The summed E-state index contributed by atoms with van der Waals surface area (Å²) in [7, 11) is 0. The molecule has 1 rings (SSSR count). The van der Waals surface area contributed by atoms with E-state index in [0.717, 1.165) is 6.04 Å². The van der Waals surface area contributed by atoms with Crippen LogP contribution in [0.5, 0.6) is 0 Å². The lowest BCUT2D eigenvalue weighted by atomic mass is 9.95. The SMILES string of the molecule is CCCCCNC1CCCCC1.[HH]. The van der Waals surface area contributed by atoms with Gasteiger partial charge in [0.25, 0.3) is 0 Å². The lowest BCUT2D eigenvalue weighted by Gasteiger charge is -2.22. The Bertz CT molecular complexity index is 100. The van der Waals surface area contributed by atoms with Gasteiger partial charge in [0.15, 0.2) is 0 Å². The van der Waals surface area contributed by atoms with Crippen LogP contribution in [0.2, 0.25) is 0 Å². The Morgan fingerprint density at radius 3 is 2.58 bits per heavy atom. The van der Waals surface area contributed by atoms with Crippen LogP contribution in [0.25, 0.3) is 0 Å². The molecule has 12 heavy (non-hydrogen) atoms. The van der Waals surface area contributed by atoms with Gasteiger partial charge >= 0.3 is 0 Å². The molecular formula is C11H25N. The van der Waals surface area contributed by atoms with Crippen molar-refractivity contribution in [2.24, 2.45) is 0 Å². The third kappa shape index (κ3) is 4.10. The van der Waals surface area contributed by atoms with E-state index in [1.54, 1.807) is 0 Å². The highest BCUT2D eigenvalue weighted by Gasteiger charge is 2.11. The smallest absolute Gasteiger partial charge is 0.00670 e. The van der Waals surface area contributed by atoms with Gasteiger partial charge in [0, 0.05) is 7.47 Å². The van der Waals surface area contributed by atoms with Gasteiger partial charge in [0.1, 0.15) is 0 Å². The second-order valence-corrected chi connectivity index (χ2v) is 4.00. The molecule has 0 aromatic rings. The third-order valence-electron chi connectivity index (χ3n) is 2.82. The number of rotatable bonds is 5. The largest absolute Gasteiger partial charge is 0.314 e. The minimum absolute atomic E-state index is 0. The predicted octanol–water partition coefficient (Wildman–Crippen LogP) is 3.34. The molecule has 74 valence electrons. The van der Waals surface area contributed by atoms with Crippen LogP contribution in [0, 0.1) is 0 Å². The second-order valence-electron chi connectivity index (χ2n) is 4.00. The van der Waals surface area contributed by atoms with Gasteiger partial charge in [-0.1, -0.05) is 39.0 Å². The number of unbranched alkanes of at least 4 members (excludes halogenated alkanes) is 2. The van der Waals surface area contributed by atoms with Crippen LogP contribution in [0.4, 0.5) is 0 Å². The van der Waals surface area contributed by atoms with Crippen molar-refractivity contribution < 1.29 is 1.43 Å². The molecular weight excluding hydrogens is 146 g/mol. The van der Waals surface area contributed by atoms with E-state index in [9.17, 15) is 0 Å². The molecule has 1 heteroatoms. The zero-order chi connectivity index (χ0) is 8.65. The Labute approximate surface area is 78.4 Å². The molecule has 0 saturated heterocycles. The molecule has 1 N–H and O–H groups in total. The lowest BCUT2D eigenvalue weighted by molar-refractivity contribution is 0.370. The van der Waals surface area contributed by atoms with Crippen molar-refractivity contribution in [1.29, 1.82) is 0 Å². The van der Waals surface area contributed by atoms with Crippen molar-refractivity contribution in [2.45, 2.75) is 64.3 Å². The van der Waals surface area contributed by atoms with E-state index < -0.39 is 0 Å².